The van der Waals surface area contributed by atoms with Crippen LogP contribution in [0.4, 0.5) is 0 Å². The average Bonchev–Trinajstić information content (AvgIpc) is 3.07. The Morgan fingerprint density at radius 3 is 2.90 bits per heavy atom. The second-order valence-electron chi connectivity index (χ2n) is 4.45. The number of rotatable bonds is 7. The van der Waals surface area contributed by atoms with Gasteiger partial charge in [0.1, 0.15) is 12.3 Å². The lowest BCUT2D eigenvalue weighted by Gasteiger charge is -2.06. The third-order valence-electron chi connectivity index (χ3n) is 2.86. The smallest absolute Gasteiger partial charge is 0.358 e. The number of furan rings is 1. The molecule has 8 heteroatoms. The number of nitrogens with one attached hydrogen (secondary N) is 1. The van der Waals surface area contributed by atoms with Crippen molar-refractivity contribution in [2.45, 2.75) is 32.9 Å². The minimum atomic E-state index is -1.14. The summed E-state index contributed by atoms with van der Waals surface area (Å²) in [4.78, 5) is 22.9. The van der Waals surface area contributed by atoms with E-state index < -0.39 is 5.97 Å². The van der Waals surface area contributed by atoms with E-state index in [0.717, 1.165) is 6.42 Å². The fourth-order valence-electron chi connectivity index (χ4n) is 1.90. The predicted molar refractivity (Wildman–Crippen MR) is 71.5 cm³/mol. The van der Waals surface area contributed by atoms with Crippen LogP contribution >= 0.6 is 0 Å². The van der Waals surface area contributed by atoms with Gasteiger partial charge in [-0.3, -0.25) is 4.79 Å². The first-order valence-electron chi connectivity index (χ1n) is 6.56. The SMILES string of the molecule is CCCc1c(C(=O)O)nnn1CC(=O)NCc1ccco1. The summed E-state index contributed by atoms with van der Waals surface area (Å²) in [5.74, 6) is -0.784. The van der Waals surface area contributed by atoms with E-state index in [1.54, 1.807) is 12.1 Å². The molecule has 2 heterocycles. The van der Waals surface area contributed by atoms with E-state index in [-0.39, 0.29) is 24.7 Å². The quantitative estimate of drug-likeness (QED) is 0.782. The van der Waals surface area contributed by atoms with Crippen molar-refractivity contribution in [3.63, 3.8) is 0 Å². The van der Waals surface area contributed by atoms with E-state index in [4.69, 9.17) is 9.52 Å². The van der Waals surface area contributed by atoms with Gasteiger partial charge >= 0.3 is 5.97 Å². The topological polar surface area (TPSA) is 110 Å². The maximum atomic E-state index is 11.9. The van der Waals surface area contributed by atoms with Crippen LogP contribution in [0.5, 0.6) is 0 Å². The van der Waals surface area contributed by atoms with Crippen LogP contribution < -0.4 is 5.32 Å². The zero-order chi connectivity index (χ0) is 15.2. The van der Waals surface area contributed by atoms with Gasteiger partial charge in [-0.05, 0) is 18.6 Å². The summed E-state index contributed by atoms with van der Waals surface area (Å²) in [6.07, 6.45) is 2.76. The zero-order valence-electron chi connectivity index (χ0n) is 11.6. The Morgan fingerprint density at radius 1 is 1.48 bits per heavy atom. The maximum Gasteiger partial charge on any atom is 0.358 e. The number of aromatic carboxylic acids is 1. The number of hydrogen-bond donors (Lipinski definition) is 2. The van der Waals surface area contributed by atoms with E-state index >= 15 is 0 Å². The third-order valence-corrected chi connectivity index (χ3v) is 2.86. The summed E-state index contributed by atoms with van der Waals surface area (Å²) in [6.45, 7) is 2.12. The molecule has 0 aliphatic carbocycles. The Balaban J connectivity index is 2.01. The highest BCUT2D eigenvalue weighted by Gasteiger charge is 2.19. The normalized spacial score (nSPS) is 10.5. The fraction of sp³-hybridized carbons (Fsp3) is 0.385. The zero-order valence-corrected chi connectivity index (χ0v) is 11.6. The minimum absolute atomic E-state index is 0.0731. The number of carboxylic acid groups (broad SMARTS) is 1. The van der Waals surface area contributed by atoms with Crippen LogP contribution in [0.2, 0.25) is 0 Å². The van der Waals surface area contributed by atoms with E-state index in [2.05, 4.69) is 15.6 Å². The van der Waals surface area contributed by atoms with Crippen LogP contribution in [0.1, 0.15) is 35.3 Å². The molecule has 0 unspecified atom stereocenters. The Kier molecular flexibility index (Phi) is 4.70. The standard InChI is InChI=1S/C13H16N4O4/c1-2-4-10-12(13(19)20)15-16-17(10)8-11(18)14-7-9-5-3-6-21-9/h3,5-6H,2,4,7-8H2,1H3,(H,14,18)(H,19,20). The molecule has 21 heavy (non-hydrogen) atoms. The number of aromatic nitrogens is 3. The Bertz CT molecular complexity index is 618. The number of carbonyl (C=O) groups excluding carboxylic acids is 1. The molecule has 0 radical (unpaired) electrons. The van der Waals surface area contributed by atoms with Crippen LogP contribution in [-0.4, -0.2) is 32.0 Å². The van der Waals surface area contributed by atoms with Gasteiger partial charge in [0.2, 0.25) is 5.91 Å². The van der Waals surface area contributed by atoms with E-state index in [9.17, 15) is 9.59 Å². The molecule has 0 bridgehead atoms. The molecule has 2 aromatic rings. The predicted octanol–water partition coefficient (Wildman–Crippen LogP) is 0.838. The molecule has 0 saturated heterocycles. The number of carbonyl (C=O) groups is 2. The summed E-state index contributed by atoms with van der Waals surface area (Å²) >= 11 is 0. The number of carboxylic acids is 1. The molecule has 0 aliphatic rings. The first-order chi connectivity index (χ1) is 10.1. The maximum absolute atomic E-state index is 11.9. The van der Waals surface area contributed by atoms with E-state index in [1.807, 2.05) is 6.92 Å². The second-order valence-corrected chi connectivity index (χ2v) is 4.45. The highest BCUT2D eigenvalue weighted by Crippen LogP contribution is 2.08. The van der Waals surface area contributed by atoms with Crippen LogP contribution in [0.25, 0.3) is 0 Å². The highest BCUT2D eigenvalue weighted by atomic mass is 16.4. The van der Waals surface area contributed by atoms with Gasteiger partial charge in [-0.1, -0.05) is 18.6 Å². The number of hydrogen-bond acceptors (Lipinski definition) is 5. The van der Waals surface area contributed by atoms with Crippen LogP contribution in [0.15, 0.2) is 22.8 Å². The first-order valence-corrected chi connectivity index (χ1v) is 6.56. The van der Waals surface area contributed by atoms with Crippen molar-refractivity contribution < 1.29 is 19.1 Å². The van der Waals surface area contributed by atoms with Crippen molar-refractivity contribution in [3.8, 4) is 0 Å². The van der Waals surface area contributed by atoms with Gasteiger partial charge in [-0.15, -0.1) is 5.10 Å². The largest absolute Gasteiger partial charge is 0.476 e. The summed E-state index contributed by atoms with van der Waals surface area (Å²) in [6, 6.07) is 3.48. The molecule has 0 fully saturated rings. The van der Waals surface area contributed by atoms with Gasteiger partial charge < -0.3 is 14.8 Å². The monoisotopic (exact) mass is 292 g/mol. The highest BCUT2D eigenvalue weighted by molar-refractivity contribution is 5.86. The van der Waals surface area contributed by atoms with Gasteiger partial charge in [0.15, 0.2) is 5.69 Å². The second kappa shape index (κ2) is 6.69. The molecule has 0 spiro atoms. The molecule has 8 nitrogen and oxygen atoms in total. The summed E-state index contributed by atoms with van der Waals surface area (Å²) in [7, 11) is 0. The number of amides is 1. The Morgan fingerprint density at radius 2 is 2.29 bits per heavy atom. The Hall–Kier alpha value is -2.64. The molecule has 1 amide bonds. The molecule has 2 rings (SSSR count). The van der Waals surface area contributed by atoms with E-state index in [0.29, 0.717) is 17.9 Å². The molecule has 0 atom stereocenters. The van der Waals surface area contributed by atoms with Crippen LogP contribution in [0.3, 0.4) is 0 Å². The Labute approximate surface area is 120 Å². The summed E-state index contributed by atoms with van der Waals surface area (Å²) in [5.41, 5.74) is 0.355. The van der Waals surface area contributed by atoms with Gasteiger partial charge in [0.05, 0.1) is 18.5 Å². The molecule has 0 saturated carbocycles. The molecular formula is C13H16N4O4. The molecule has 0 aromatic carbocycles. The van der Waals surface area contributed by atoms with E-state index in [1.165, 1.54) is 10.9 Å². The molecule has 0 aliphatic heterocycles. The van der Waals surface area contributed by atoms with Crippen LogP contribution in [0, 0.1) is 0 Å². The molecule has 112 valence electrons. The number of nitrogens with zero attached hydrogens (tertiary/aromatic N) is 3. The van der Waals surface area contributed by atoms with Crippen molar-refractivity contribution in [2.24, 2.45) is 0 Å². The lowest BCUT2D eigenvalue weighted by molar-refractivity contribution is -0.122. The fourth-order valence-corrected chi connectivity index (χ4v) is 1.90. The van der Waals surface area contributed by atoms with Gasteiger partial charge in [-0.25, -0.2) is 9.48 Å². The average molecular weight is 292 g/mol. The third kappa shape index (κ3) is 3.68. The van der Waals surface area contributed by atoms with Crippen molar-refractivity contribution in [3.05, 3.63) is 35.5 Å². The van der Waals surface area contributed by atoms with Crippen molar-refractivity contribution in [1.82, 2.24) is 20.3 Å². The lowest BCUT2D eigenvalue weighted by Crippen LogP contribution is -2.28. The molecule has 2 aromatic heterocycles. The van der Waals surface area contributed by atoms with Crippen molar-refractivity contribution in [1.29, 1.82) is 0 Å². The van der Waals surface area contributed by atoms with Crippen molar-refractivity contribution in [2.75, 3.05) is 0 Å². The van der Waals surface area contributed by atoms with Gasteiger partial charge in [0, 0.05) is 0 Å². The molecular weight excluding hydrogens is 276 g/mol. The molecule has 2 N–H and O–H groups in total. The van der Waals surface area contributed by atoms with Crippen LogP contribution in [-0.2, 0) is 24.3 Å². The summed E-state index contributed by atoms with van der Waals surface area (Å²) in [5, 5.41) is 19.1. The van der Waals surface area contributed by atoms with Gasteiger partial charge in [0.25, 0.3) is 0 Å². The first kappa shape index (κ1) is 14.8. The minimum Gasteiger partial charge on any atom is -0.476 e. The van der Waals surface area contributed by atoms with Crippen molar-refractivity contribution >= 4 is 11.9 Å². The summed E-state index contributed by atoms with van der Waals surface area (Å²) < 4.78 is 6.43. The van der Waals surface area contributed by atoms with Gasteiger partial charge in [-0.2, -0.15) is 0 Å². The lowest BCUT2D eigenvalue weighted by atomic mass is 10.2.